The molecule has 1 heterocycles. The van der Waals surface area contributed by atoms with Gasteiger partial charge in [0, 0.05) is 13.1 Å². The Labute approximate surface area is 117 Å². The highest BCUT2D eigenvalue weighted by molar-refractivity contribution is 5.89. The lowest BCUT2D eigenvalue weighted by Crippen LogP contribution is -2.30. The van der Waals surface area contributed by atoms with Crippen LogP contribution in [0.5, 0.6) is 0 Å². The molecule has 20 heavy (non-hydrogen) atoms. The maximum Gasteiger partial charge on any atom is 0.322 e. The lowest BCUT2D eigenvalue weighted by atomic mass is 10.1. The smallest absolute Gasteiger partial charge is 0.316 e. The van der Waals surface area contributed by atoms with E-state index in [-0.39, 0.29) is 11.7 Å². The largest absolute Gasteiger partial charge is 0.322 e. The number of halogens is 1. The summed E-state index contributed by atoms with van der Waals surface area (Å²) in [5, 5.41) is 2.63. The fourth-order valence-corrected chi connectivity index (χ4v) is 2.39. The van der Waals surface area contributed by atoms with Crippen LogP contribution in [0.1, 0.15) is 16.7 Å². The number of hydrogen-bond acceptors (Lipinski definition) is 1. The number of rotatable bonds is 1. The van der Waals surface area contributed by atoms with E-state index in [1.807, 2.05) is 31.2 Å². The van der Waals surface area contributed by atoms with E-state index < -0.39 is 5.82 Å². The number of nitrogens with zero attached hydrogens (tertiary/aromatic N) is 1. The summed E-state index contributed by atoms with van der Waals surface area (Å²) in [7, 11) is 0. The number of fused-ring (bicyclic) bond motifs is 1. The Hall–Kier alpha value is -2.36. The Balaban J connectivity index is 1.72. The summed E-state index contributed by atoms with van der Waals surface area (Å²) >= 11 is 0. The maximum atomic E-state index is 13.7. The van der Waals surface area contributed by atoms with Crippen molar-refractivity contribution < 1.29 is 9.18 Å². The van der Waals surface area contributed by atoms with Crippen LogP contribution < -0.4 is 5.32 Å². The zero-order valence-corrected chi connectivity index (χ0v) is 11.2. The molecular weight excluding hydrogens is 255 g/mol. The highest BCUT2D eigenvalue weighted by Gasteiger charge is 2.23. The number of urea groups is 1. The van der Waals surface area contributed by atoms with Crippen LogP contribution in [0.15, 0.2) is 42.5 Å². The molecule has 1 aliphatic rings. The van der Waals surface area contributed by atoms with Gasteiger partial charge in [-0.2, -0.15) is 0 Å². The van der Waals surface area contributed by atoms with Crippen molar-refractivity contribution in [1.29, 1.82) is 0 Å². The van der Waals surface area contributed by atoms with Gasteiger partial charge in [0.25, 0.3) is 0 Å². The van der Waals surface area contributed by atoms with Crippen molar-refractivity contribution in [2.45, 2.75) is 20.0 Å². The van der Waals surface area contributed by atoms with Gasteiger partial charge in [-0.1, -0.05) is 30.3 Å². The van der Waals surface area contributed by atoms with E-state index in [9.17, 15) is 9.18 Å². The average molecular weight is 270 g/mol. The summed E-state index contributed by atoms with van der Waals surface area (Å²) in [6.07, 6.45) is 0. The number of nitrogens with one attached hydrogen (secondary N) is 1. The van der Waals surface area contributed by atoms with Crippen LogP contribution in [0.4, 0.5) is 14.9 Å². The third-order valence-corrected chi connectivity index (χ3v) is 3.49. The van der Waals surface area contributed by atoms with E-state index in [1.165, 1.54) is 6.07 Å². The van der Waals surface area contributed by atoms with Crippen LogP contribution in [0, 0.1) is 12.7 Å². The minimum atomic E-state index is -0.407. The zero-order chi connectivity index (χ0) is 14.1. The molecule has 102 valence electrons. The summed E-state index contributed by atoms with van der Waals surface area (Å²) in [4.78, 5) is 13.8. The van der Waals surface area contributed by atoms with Gasteiger partial charge in [-0.25, -0.2) is 9.18 Å². The molecule has 0 radical (unpaired) electrons. The molecule has 0 saturated carbocycles. The molecule has 2 aromatic rings. The van der Waals surface area contributed by atoms with E-state index in [1.54, 1.807) is 17.0 Å². The first kappa shape index (κ1) is 12.7. The van der Waals surface area contributed by atoms with Crippen molar-refractivity contribution in [2.75, 3.05) is 5.32 Å². The topological polar surface area (TPSA) is 32.3 Å². The van der Waals surface area contributed by atoms with Crippen LogP contribution in [-0.4, -0.2) is 10.9 Å². The molecule has 3 rings (SSSR count). The van der Waals surface area contributed by atoms with Gasteiger partial charge in [-0.15, -0.1) is 0 Å². The molecule has 0 spiro atoms. The van der Waals surface area contributed by atoms with Crippen molar-refractivity contribution in [3.63, 3.8) is 0 Å². The molecule has 0 aromatic heterocycles. The van der Waals surface area contributed by atoms with Gasteiger partial charge in [-0.05, 0) is 35.7 Å². The third-order valence-electron chi connectivity index (χ3n) is 3.49. The third kappa shape index (κ3) is 2.37. The number of benzene rings is 2. The molecule has 0 fully saturated rings. The summed E-state index contributed by atoms with van der Waals surface area (Å²) in [6, 6.07) is 12.4. The predicted molar refractivity (Wildman–Crippen MR) is 75.8 cm³/mol. The van der Waals surface area contributed by atoms with E-state index in [2.05, 4.69) is 5.32 Å². The van der Waals surface area contributed by atoms with Crippen LogP contribution in [0.2, 0.25) is 0 Å². The standard InChI is InChI=1S/C16H15FN2O/c1-11-6-7-15(14(17)8-11)18-16(20)19-9-12-4-2-3-5-13(12)10-19/h2-8H,9-10H2,1H3,(H,18,20). The van der Waals surface area contributed by atoms with E-state index in [4.69, 9.17) is 0 Å². The van der Waals surface area contributed by atoms with Crippen molar-refractivity contribution in [3.05, 3.63) is 65.0 Å². The summed E-state index contributed by atoms with van der Waals surface area (Å²) in [5.41, 5.74) is 3.34. The second-order valence-electron chi connectivity index (χ2n) is 5.04. The van der Waals surface area contributed by atoms with Crippen LogP contribution in [0.25, 0.3) is 0 Å². The molecule has 4 heteroatoms. The molecule has 0 bridgehead atoms. The number of carbonyl (C=O) groups excluding carboxylic acids is 1. The Kier molecular flexibility index (Phi) is 3.14. The quantitative estimate of drug-likeness (QED) is 0.842. The van der Waals surface area contributed by atoms with E-state index >= 15 is 0 Å². The molecule has 2 aromatic carbocycles. The van der Waals surface area contributed by atoms with Gasteiger partial charge in [0.05, 0.1) is 5.69 Å². The number of hydrogen-bond donors (Lipinski definition) is 1. The minimum absolute atomic E-state index is 0.219. The molecule has 0 unspecified atom stereocenters. The molecule has 2 amide bonds. The SMILES string of the molecule is Cc1ccc(NC(=O)N2Cc3ccccc3C2)c(F)c1. The zero-order valence-electron chi connectivity index (χ0n) is 11.2. The summed E-state index contributed by atoms with van der Waals surface area (Å²) in [5.74, 6) is -0.407. The molecule has 1 N–H and O–H groups in total. The average Bonchev–Trinajstić information content (AvgIpc) is 2.86. The van der Waals surface area contributed by atoms with Gasteiger partial charge in [0.2, 0.25) is 0 Å². The Morgan fingerprint density at radius 3 is 2.40 bits per heavy atom. The lowest BCUT2D eigenvalue weighted by molar-refractivity contribution is 0.212. The number of carbonyl (C=O) groups is 1. The van der Waals surface area contributed by atoms with Crippen LogP contribution in [0.3, 0.4) is 0 Å². The lowest BCUT2D eigenvalue weighted by Gasteiger charge is -2.16. The van der Waals surface area contributed by atoms with Crippen LogP contribution in [-0.2, 0) is 13.1 Å². The first-order chi connectivity index (χ1) is 9.63. The van der Waals surface area contributed by atoms with E-state index in [0.29, 0.717) is 13.1 Å². The predicted octanol–water partition coefficient (Wildman–Crippen LogP) is 3.68. The van der Waals surface area contributed by atoms with Gasteiger partial charge in [-0.3, -0.25) is 0 Å². The minimum Gasteiger partial charge on any atom is -0.316 e. The van der Waals surface area contributed by atoms with Crippen molar-refractivity contribution in [1.82, 2.24) is 4.90 Å². The Morgan fingerprint density at radius 1 is 1.15 bits per heavy atom. The van der Waals surface area contributed by atoms with Gasteiger partial charge < -0.3 is 10.2 Å². The first-order valence-electron chi connectivity index (χ1n) is 6.52. The first-order valence-corrected chi connectivity index (χ1v) is 6.52. The normalized spacial score (nSPS) is 13.2. The maximum absolute atomic E-state index is 13.7. The Bertz CT molecular complexity index is 644. The summed E-state index contributed by atoms with van der Waals surface area (Å²) < 4.78 is 13.7. The van der Waals surface area contributed by atoms with Gasteiger partial charge in [0.15, 0.2) is 0 Å². The van der Waals surface area contributed by atoms with Crippen molar-refractivity contribution in [2.24, 2.45) is 0 Å². The molecular formula is C16H15FN2O. The van der Waals surface area contributed by atoms with Crippen LogP contribution >= 0.6 is 0 Å². The summed E-state index contributed by atoms with van der Waals surface area (Å²) in [6.45, 7) is 2.94. The monoisotopic (exact) mass is 270 g/mol. The second kappa shape index (κ2) is 4.96. The molecule has 0 atom stereocenters. The number of amides is 2. The van der Waals surface area contributed by atoms with Gasteiger partial charge >= 0.3 is 6.03 Å². The van der Waals surface area contributed by atoms with Crippen molar-refractivity contribution >= 4 is 11.7 Å². The fraction of sp³-hybridized carbons (Fsp3) is 0.188. The molecule has 0 saturated heterocycles. The molecule has 1 aliphatic heterocycles. The van der Waals surface area contributed by atoms with Gasteiger partial charge in [0.1, 0.15) is 5.82 Å². The highest BCUT2D eigenvalue weighted by atomic mass is 19.1. The number of aryl methyl sites for hydroxylation is 1. The Morgan fingerprint density at radius 2 is 1.80 bits per heavy atom. The number of anilines is 1. The molecule has 3 nitrogen and oxygen atoms in total. The van der Waals surface area contributed by atoms with Crippen molar-refractivity contribution in [3.8, 4) is 0 Å². The van der Waals surface area contributed by atoms with E-state index in [0.717, 1.165) is 16.7 Å². The highest BCUT2D eigenvalue weighted by Crippen LogP contribution is 2.23. The second-order valence-corrected chi connectivity index (χ2v) is 5.04. The molecule has 0 aliphatic carbocycles. The fourth-order valence-electron chi connectivity index (χ4n) is 2.39.